The first kappa shape index (κ1) is 12.7. The molecule has 1 amide bonds. The van der Waals surface area contributed by atoms with Gasteiger partial charge in [-0.3, -0.25) is 4.79 Å². The third kappa shape index (κ3) is 2.94. The second-order valence-electron chi connectivity index (χ2n) is 3.91. The number of anilines is 1. The molecule has 4 nitrogen and oxygen atoms in total. The number of likely N-dealkylation sites (N-methyl/N-ethyl adjacent to an activating group) is 1. The minimum atomic E-state index is -0.205. The summed E-state index contributed by atoms with van der Waals surface area (Å²) in [6.07, 6.45) is 1.78. The summed E-state index contributed by atoms with van der Waals surface area (Å²) in [5, 5.41) is 8.67. The van der Waals surface area contributed by atoms with Crippen LogP contribution in [-0.4, -0.2) is 24.0 Å². The largest absolute Gasteiger partial charge is 0.325 e. The highest BCUT2D eigenvalue weighted by atomic mass is 32.1. The number of nitrogens with zero attached hydrogens (tertiary/aromatic N) is 1. The molecule has 2 N–H and O–H groups in total. The number of amides is 1. The number of rotatable bonds is 4. The van der Waals surface area contributed by atoms with Crippen LogP contribution in [0.25, 0.3) is 10.6 Å². The highest BCUT2D eigenvalue weighted by Gasteiger charge is 2.10. The van der Waals surface area contributed by atoms with Crippen LogP contribution in [0.1, 0.15) is 6.92 Å². The zero-order valence-electron chi connectivity index (χ0n) is 10.3. The van der Waals surface area contributed by atoms with Gasteiger partial charge in [0.2, 0.25) is 5.91 Å². The molecule has 1 unspecified atom stereocenters. The van der Waals surface area contributed by atoms with E-state index in [1.54, 1.807) is 24.6 Å². The molecule has 1 aromatic carbocycles. The number of carbonyl (C=O) groups is 1. The molecule has 0 aliphatic rings. The maximum Gasteiger partial charge on any atom is 0.241 e. The molecule has 1 heterocycles. The molecule has 1 aromatic heterocycles. The lowest BCUT2D eigenvalue weighted by molar-refractivity contribution is -0.117. The first-order valence-corrected chi connectivity index (χ1v) is 6.56. The lowest BCUT2D eigenvalue weighted by Crippen LogP contribution is -2.35. The van der Waals surface area contributed by atoms with E-state index in [0.717, 1.165) is 16.3 Å². The van der Waals surface area contributed by atoms with E-state index in [1.165, 1.54) is 0 Å². The van der Waals surface area contributed by atoms with Crippen LogP contribution in [0.3, 0.4) is 0 Å². The summed E-state index contributed by atoms with van der Waals surface area (Å²) in [5.41, 5.74) is 1.85. The molecule has 0 radical (unpaired) electrons. The van der Waals surface area contributed by atoms with Gasteiger partial charge in [-0.2, -0.15) is 0 Å². The van der Waals surface area contributed by atoms with Crippen LogP contribution in [0.2, 0.25) is 0 Å². The summed E-state index contributed by atoms with van der Waals surface area (Å²) in [7, 11) is 1.76. The summed E-state index contributed by atoms with van der Waals surface area (Å²) in [5.74, 6) is -0.0421. The Morgan fingerprint density at radius 3 is 2.61 bits per heavy atom. The Kier molecular flexibility index (Phi) is 4.07. The van der Waals surface area contributed by atoms with E-state index in [2.05, 4.69) is 15.6 Å². The molecule has 0 fully saturated rings. The molecular formula is C13H15N3OS. The quantitative estimate of drug-likeness (QED) is 0.888. The molecule has 2 rings (SSSR count). The van der Waals surface area contributed by atoms with Crippen molar-refractivity contribution < 1.29 is 4.79 Å². The fourth-order valence-electron chi connectivity index (χ4n) is 1.44. The van der Waals surface area contributed by atoms with Crippen molar-refractivity contribution >= 4 is 22.9 Å². The molecule has 1 atom stereocenters. The minimum absolute atomic E-state index is 0.0421. The SMILES string of the molecule is CNC(C)C(=O)Nc1ccc(-c2nccs2)cc1. The standard InChI is InChI=1S/C13H15N3OS/c1-9(14-2)12(17)16-11-5-3-10(4-6-11)13-15-7-8-18-13/h3-9,14H,1-2H3,(H,16,17). The third-order valence-corrected chi connectivity index (χ3v) is 3.48. The fraction of sp³-hybridized carbons (Fsp3) is 0.231. The first-order chi connectivity index (χ1) is 8.70. The topological polar surface area (TPSA) is 54.0 Å². The Morgan fingerprint density at radius 1 is 1.33 bits per heavy atom. The number of nitrogens with one attached hydrogen (secondary N) is 2. The van der Waals surface area contributed by atoms with E-state index in [1.807, 2.05) is 36.6 Å². The lowest BCUT2D eigenvalue weighted by atomic mass is 10.2. The number of benzene rings is 1. The maximum atomic E-state index is 11.7. The molecular weight excluding hydrogens is 246 g/mol. The Bertz CT molecular complexity index is 508. The normalized spacial score (nSPS) is 12.1. The average Bonchev–Trinajstić information content (AvgIpc) is 2.92. The zero-order chi connectivity index (χ0) is 13.0. The van der Waals surface area contributed by atoms with Crippen molar-refractivity contribution in [3.05, 3.63) is 35.8 Å². The van der Waals surface area contributed by atoms with Crippen LogP contribution in [0.4, 0.5) is 5.69 Å². The van der Waals surface area contributed by atoms with Gasteiger partial charge in [-0.1, -0.05) is 0 Å². The van der Waals surface area contributed by atoms with E-state index < -0.39 is 0 Å². The highest BCUT2D eigenvalue weighted by molar-refractivity contribution is 7.13. The molecule has 18 heavy (non-hydrogen) atoms. The second kappa shape index (κ2) is 5.75. The molecule has 0 aliphatic heterocycles. The van der Waals surface area contributed by atoms with Gasteiger partial charge in [-0.25, -0.2) is 4.98 Å². The van der Waals surface area contributed by atoms with Crippen molar-refractivity contribution in [2.24, 2.45) is 0 Å². The molecule has 0 bridgehead atoms. The van der Waals surface area contributed by atoms with Crippen LogP contribution in [0.15, 0.2) is 35.8 Å². The van der Waals surface area contributed by atoms with Gasteiger partial charge in [0, 0.05) is 22.8 Å². The van der Waals surface area contributed by atoms with Gasteiger partial charge >= 0.3 is 0 Å². The molecule has 0 saturated carbocycles. The Labute approximate surface area is 110 Å². The van der Waals surface area contributed by atoms with E-state index in [4.69, 9.17) is 0 Å². The molecule has 0 spiro atoms. The van der Waals surface area contributed by atoms with Gasteiger partial charge < -0.3 is 10.6 Å². The van der Waals surface area contributed by atoms with Crippen LogP contribution in [0, 0.1) is 0 Å². The summed E-state index contributed by atoms with van der Waals surface area (Å²) in [6, 6.07) is 7.48. The van der Waals surface area contributed by atoms with Gasteiger partial charge in [-0.15, -0.1) is 11.3 Å². The second-order valence-corrected chi connectivity index (χ2v) is 4.81. The van der Waals surface area contributed by atoms with Crippen molar-refractivity contribution in [1.29, 1.82) is 0 Å². The van der Waals surface area contributed by atoms with E-state index in [9.17, 15) is 4.79 Å². The van der Waals surface area contributed by atoms with Gasteiger partial charge in [0.05, 0.1) is 6.04 Å². The summed E-state index contributed by atoms with van der Waals surface area (Å²) in [4.78, 5) is 15.9. The van der Waals surface area contributed by atoms with Crippen molar-refractivity contribution in [3.63, 3.8) is 0 Å². The van der Waals surface area contributed by atoms with Gasteiger partial charge in [-0.05, 0) is 38.2 Å². The van der Waals surface area contributed by atoms with Crippen LogP contribution >= 0.6 is 11.3 Å². The smallest absolute Gasteiger partial charge is 0.241 e. The Hall–Kier alpha value is -1.72. The average molecular weight is 261 g/mol. The first-order valence-electron chi connectivity index (χ1n) is 5.69. The molecule has 0 aliphatic carbocycles. The predicted octanol–water partition coefficient (Wildman–Crippen LogP) is 2.36. The monoisotopic (exact) mass is 261 g/mol. The van der Waals surface area contributed by atoms with Crippen LogP contribution in [-0.2, 0) is 4.79 Å². The summed E-state index contributed by atoms with van der Waals surface area (Å²) in [6.45, 7) is 1.82. The summed E-state index contributed by atoms with van der Waals surface area (Å²) >= 11 is 1.60. The molecule has 0 saturated heterocycles. The zero-order valence-corrected chi connectivity index (χ0v) is 11.1. The number of thiazole rings is 1. The minimum Gasteiger partial charge on any atom is -0.325 e. The number of aromatic nitrogens is 1. The number of carbonyl (C=O) groups excluding carboxylic acids is 1. The molecule has 5 heteroatoms. The lowest BCUT2D eigenvalue weighted by Gasteiger charge is -2.11. The Morgan fingerprint density at radius 2 is 2.06 bits per heavy atom. The van der Waals surface area contributed by atoms with Gasteiger partial charge in [0.25, 0.3) is 0 Å². The van der Waals surface area contributed by atoms with E-state index in [0.29, 0.717) is 0 Å². The molecule has 94 valence electrons. The van der Waals surface area contributed by atoms with Crippen molar-refractivity contribution in [1.82, 2.24) is 10.3 Å². The van der Waals surface area contributed by atoms with E-state index >= 15 is 0 Å². The number of hydrogen-bond donors (Lipinski definition) is 2. The fourth-order valence-corrected chi connectivity index (χ4v) is 2.09. The maximum absolute atomic E-state index is 11.7. The van der Waals surface area contributed by atoms with Gasteiger partial charge in [0.15, 0.2) is 0 Å². The van der Waals surface area contributed by atoms with Crippen molar-refractivity contribution in [3.8, 4) is 10.6 Å². The predicted molar refractivity (Wildman–Crippen MR) is 74.7 cm³/mol. The van der Waals surface area contributed by atoms with E-state index in [-0.39, 0.29) is 11.9 Å². The highest BCUT2D eigenvalue weighted by Crippen LogP contribution is 2.23. The van der Waals surface area contributed by atoms with Crippen molar-refractivity contribution in [2.75, 3.05) is 12.4 Å². The number of hydrogen-bond acceptors (Lipinski definition) is 4. The van der Waals surface area contributed by atoms with Gasteiger partial charge in [0.1, 0.15) is 5.01 Å². The van der Waals surface area contributed by atoms with Crippen LogP contribution in [0.5, 0.6) is 0 Å². The van der Waals surface area contributed by atoms with Crippen molar-refractivity contribution in [2.45, 2.75) is 13.0 Å². The molecule has 2 aromatic rings. The third-order valence-electron chi connectivity index (χ3n) is 2.66. The Balaban J connectivity index is 2.06. The summed E-state index contributed by atoms with van der Waals surface area (Å²) < 4.78 is 0. The van der Waals surface area contributed by atoms with Crippen LogP contribution < -0.4 is 10.6 Å².